The van der Waals surface area contributed by atoms with Crippen molar-refractivity contribution in [2.24, 2.45) is 0 Å². The first-order chi connectivity index (χ1) is 4.11. The van der Waals surface area contributed by atoms with E-state index in [0.29, 0.717) is 0 Å². The van der Waals surface area contributed by atoms with E-state index in [-0.39, 0.29) is 4.34 Å². The monoisotopic (exact) mass is 184 g/mol. The second-order valence-corrected chi connectivity index (χ2v) is 4.72. The molecule has 0 saturated carbocycles. The van der Waals surface area contributed by atoms with E-state index in [4.69, 9.17) is 10.7 Å². The van der Waals surface area contributed by atoms with Crippen LogP contribution in [0.5, 0.6) is 0 Å². The molecule has 1 aromatic heterocycles. The third-order valence-electron chi connectivity index (χ3n) is 0.549. The minimum atomic E-state index is -3.64. The minimum absolute atomic E-state index is 0.163. The van der Waals surface area contributed by atoms with Gasteiger partial charge in [-0.15, -0.1) is 10.2 Å². The van der Waals surface area contributed by atoms with Crippen LogP contribution in [0.2, 0.25) is 0 Å². The molecule has 0 N–H and O–H groups in total. The molecule has 0 unspecified atom stereocenters. The van der Waals surface area contributed by atoms with E-state index in [2.05, 4.69) is 10.2 Å². The zero-order chi connectivity index (χ0) is 6.91. The number of hydrogen-bond acceptors (Lipinski definition) is 5. The molecule has 0 bridgehead atoms. The van der Waals surface area contributed by atoms with Gasteiger partial charge < -0.3 is 0 Å². The molecule has 1 aromatic rings. The molecule has 7 heteroatoms. The summed E-state index contributed by atoms with van der Waals surface area (Å²) in [5, 5.41) is 6.53. The van der Waals surface area contributed by atoms with Crippen LogP contribution in [0, 0.1) is 0 Å². The fourth-order valence-electron chi connectivity index (χ4n) is 0.269. The highest BCUT2D eigenvalue weighted by molar-refractivity contribution is 8.14. The maximum Gasteiger partial charge on any atom is 0.290 e. The Hall–Kier alpha value is -0.200. The van der Waals surface area contributed by atoms with Crippen LogP contribution in [0.25, 0.3) is 0 Å². The molecular formula is C2HClN2O2S2. The molecule has 4 nitrogen and oxygen atoms in total. The van der Waals surface area contributed by atoms with Crippen molar-refractivity contribution in [2.45, 2.75) is 4.34 Å². The third-order valence-corrected chi connectivity index (χ3v) is 3.19. The summed E-state index contributed by atoms with van der Waals surface area (Å²) in [6, 6.07) is 0. The second-order valence-electron chi connectivity index (χ2n) is 1.14. The van der Waals surface area contributed by atoms with Crippen LogP contribution in [-0.4, -0.2) is 18.6 Å². The molecule has 0 radical (unpaired) electrons. The summed E-state index contributed by atoms with van der Waals surface area (Å²) in [7, 11) is 1.24. The van der Waals surface area contributed by atoms with Crippen LogP contribution in [-0.2, 0) is 9.05 Å². The van der Waals surface area contributed by atoms with Gasteiger partial charge in [-0.25, -0.2) is 8.42 Å². The third kappa shape index (κ3) is 1.60. The molecule has 1 heterocycles. The second kappa shape index (κ2) is 2.20. The summed E-state index contributed by atoms with van der Waals surface area (Å²) in [6.07, 6.45) is 0. The predicted molar refractivity (Wildman–Crippen MR) is 32.9 cm³/mol. The van der Waals surface area contributed by atoms with Gasteiger partial charge in [-0.3, -0.25) is 0 Å². The van der Waals surface area contributed by atoms with Gasteiger partial charge in [-0.1, -0.05) is 11.3 Å². The Morgan fingerprint density at radius 1 is 1.67 bits per heavy atom. The average Bonchev–Trinajstić information content (AvgIpc) is 2.08. The van der Waals surface area contributed by atoms with Crippen LogP contribution >= 0.6 is 22.0 Å². The van der Waals surface area contributed by atoms with Crippen molar-refractivity contribution in [3.63, 3.8) is 0 Å². The smallest absolute Gasteiger partial charge is 0.204 e. The predicted octanol–water partition coefficient (Wildman–Crippen LogP) is 0.466. The molecule has 0 spiro atoms. The summed E-state index contributed by atoms with van der Waals surface area (Å²) in [5.41, 5.74) is 1.30. The summed E-state index contributed by atoms with van der Waals surface area (Å²) in [4.78, 5) is 0. The van der Waals surface area contributed by atoms with E-state index in [1.165, 1.54) is 5.51 Å². The molecule has 0 amide bonds. The SMILES string of the molecule is O=S(=O)(Cl)c1nncs1. The van der Waals surface area contributed by atoms with Gasteiger partial charge in [0, 0.05) is 10.7 Å². The van der Waals surface area contributed by atoms with E-state index < -0.39 is 9.05 Å². The largest absolute Gasteiger partial charge is 0.290 e. The van der Waals surface area contributed by atoms with E-state index in [9.17, 15) is 8.42 Å². The fraction of sp³-hybridized carbons (Fsp3) is 0. The van der Waals surface area contributed by atoms with E-state index in [1.54, 1.807) is 0 Å². The van der Waals surface area contributed by atoms with E-state index >= 15 is 0 Å². The Kier molecular flexibility index (Phi) is 1.69. The lowest BCUT2D eigenvalue weighted by molar-refractivity contribution is 0.607. The quantitative estimate of drug-likeness (QED) is 0.596. The molecule has 1 rings (SSSR count). The molecular weight excluding hydrogens is 184 g/mol. The van der Waals surface area contributed by atoms with Gasteiger partial charge in [-0.05, 0) is 0 Å². The Morgan fingerprint density at radius 2 is 2.33 bits per heavy atom. The average molecular weight is 185 g/mol. The summed E-state index contributed by atoms with van der Waals surface area (Å²) in [5.74, 6) is 0. The Bertz CT molecular complexity index is 278. The Morgan fingerprint density at radius 3 is 2.56 bits per heavy atom. The van der Waals surface area contributed by atoms with Crippen molar-refractivity contribution in [2.75, 3.05) is 0 Å². The zero-order valence-corrected chi connectivity index (χ0v) is 6.37. The van der Waals surface area contributed by atoms with Gasteiger partial charge in [0.15, 0.2) is 0 Å². The van der Waals surface area contributed by atoms with Gasteiger partial charge in [-0.2, -0.15) is 0 Å². The fourth-order valence-corrected chi connectivity index (χ4v) is 1.70. The van der Waals surface area contributed by atoms with Crippen LogP contribution in [0.1, 0.15) is 0 Å². The standard InChI is InChI=1S/C2HClN2O2S2/c3-9(6,7)2-5-4-1-8-2/h1H. The highest BCUT2D eigenvalue weighted by atomic mass is 35.7. The van der Waals surface area contributed by atoms with Crippen molar-refractivity contribution in [3.8, 4) is 0 Å². The van der Waals surface area contributed by atoms with Crippen molar-refractivity contribution in [1.29, 1.82) is 0 Å². The first-order valence-corrected chi connectivity index (χ1v) is 5.00. The number of nitrogens with zero attached hydrogens (tertiary/aromatic N) is 2. The molecule has 0 aliphatic rings. The molecule has 50 valence electrons. The lowest BCUT2D eigenvalue weighted by Gasteiger charge is -1.79. The molecule has 0 aromatic carbocycles. The zero-order valence-electron chi connectivity index (χ0n) is 3.98. The molecule has 9 heavy (non-hydrogen) atoms. The summed E-state index contributed by atoms with van der Waals surface area (Å²) in [6.45, 7) is 0. The highest BCUT2D eigenvalue weighted by Gasteiger charge is 2.12. The van der Waals surface area contributed by atoms with Crippen molar-refractivity contribution in [3.05, 3.63) is 5.51 Å². The van der Waals surface area contributed by atoms with Crippen molar-refractivity contribution >= 4 is 31.1 Å². The normalized spacial score (nSPS) is 11.7. The van der Waals surface area contributed by atoms with Crippen molar-refractivity contribution in [1.82, 2.24) is 10.2 Å². The van der Waals surface area contributed by atoms with Gasteiger partial charge in [0.1, 0.15) is 5.51 Å². The maximum absolute atomic E-state index is 10.4. The molecule has 0 aliphatic carbocycles. The van der Waals surface area contributed by atoms with Crippen LogP contribution in [0.3, 0.4) is 0 Å². The van der Waals surface area contributed by atoms with Gasteiger partial charge >= 0.3 is 0 Å². The Labute approximate surface area is 59.9 Å². The lowest BCUT2D eigenvalue weighted by Crippen LogP contribution is -1.87. The molecule has 0 saturated heterocycles. The van der Waals surface area contributed by atoms with Crippen molar-refractivity contribution < 1.29 is 8.42 Å². The van der Waals surface area contributed by atoms with Crippen LogP contribution in [0.4, 0.5) is 0 Å². The number of hydrogen-bond donors (Lipinski definition) is 0. The van der Waals surface area contributed by atoms with E-state index in [0.717, 1.165) is 11.3 Å². The van der Waals surface area contributed by atoms with Gasteiger partial charge in [0.05, 0.1) is 0 Å². The Balaban J connectivity index is 3.20. The lowest BCUT2D eigenvalue weighted by atomic mass is 11.6. The van der Waals surface area contributed by atoms with Crippen LogP contribution < -0.4 is 0 Å². The van der Waals surface area contributed by atoms with Gasteiger partial charge in [0.25, 0.3) is 9.05 Å². The molecule has 0 fully saturated rings. The minimum Gasteiger partial charge on any atom is -0.204 e. The first kappa shape index (κ1) is 6.91. The summed E-state index contributed by atoms with van der Waals surface area (Å²) < 4.78 is 20.6. The first-order valence-electron chi connectivity index (χ1n) is 1.81. The number of halogens is 1. The topological polar surface area (TPSA) is 59.9 Å². The summed E-state index contributed by atoms with van der Waals surface area (Å²) >= 11 is 0.888. The van der Waals surface area contributed by atoms with Crippen LogP contribution in [0.15, 0.2) is 9.85 Å². The molecule has 0 atom stereocenters. The number of aromatic nitrogens is 2. The van der Waals surface area contributed by atoms with Gasteiger partial charge in [0.2, 0.25) is 4.34 Å². The highest BCUT2D eigenvalue weighted by Crippen LogP contribution is 2.14. The maximum atomic E-state index is 10.4. The molecule has 0 aliphatic heterocycles. The number of rotatable bonds is 1. The van der Waals surface area contributed by atoms with E-state index in [1.807, 2.05) is 0 Å².